The van der Waals surface area contributed by atoms with Gasteiger partial charge in [0.2, 0.25) is 0 Å². The van der Waals surface area contributed by atoms with Gasteiger partial charge in [-0.05, 0) is 52.8 Å². The number of hydrogen-bond acceptors (Lipinski definition) is 11. The molecule has 0 saturated carbocycles. The largest absolute Gasteiger partial charge is 0.462 e. The number of esters is 1. The van der Waals surface area contributed by atoms with Crippen molar-refractivity contribution in [3.63, 3.8) is 0 Å². The number of nitrogens with zero attached hydrogens (tertiary/aromatic N) is 4. The maximum atomic E-state index is 14.1. The molecule has 0 aliphatic heterocycles. The van der Waals surface area contributed by atoms with Crippen molar-refractivity contribution in [2.45, 2.75) is 65.7 Å². The number of nitrogens with two attached hydrogens (primary N) is 1. The molecule has 0 saturated heterocycles. The molecular weight excluding hydrogens is 551 g/mol. The van der Waals surface area contributed by atoms with E-state index in [4.69, 9.17) is 24.3 Å². The fraction of sp³-hybridized carbons (Fsp3) is 0.407. The van der Waals surface area contributed by atoms with E-state index in [1.54, 1.807) is 18.4 Å². The van der Waals surface area contributed by atoms with E-state index in [0.29, 0.717) is 29.0 Å². The van der Waals surface area contributed by atoms with Gasteiger partial charge in [-0.1, -0.05) is 18.2 Å². The molecule has 14 heteroatoms. The second-order valence-corrected chi connectivity index (χ2v) is 11.5. The minimum Gasteiger partial charge on any atom is -0.462 e. The number of para-hydroxylation sites is 1. The van der Waals surface area contributed by atoms with E-state index in [1.165, 1.54) is 38.4 Å². The molecule has 0 amide bonds. The summed E-state index contributed by atoms with van der Waals surface area (Å²) in [7, 11) is -4.42. The molecule has 3 aromatic heterocycles. The van der Waals surface area contributed by atoms with Crippen LogP contribution in [0.2, 0.25) is 0 Å². The number of nitrogen functional groups attached to an aromatic ring is 1. The predicted molar refractivity (Wildman–Crippen MR) is 153 cm³/mol. The average molecular weight is 587 g/mol. The van der Waals surface area contributed by atoms with Gasteiger partial charge in [-0.15, -0.1) is 0 Å². The first kappa shape index (κ1) is 30.4. The van der Waals surface area contributed by atoms with Crippen LogP contribution in [0.5, 0.6) is 5.75 Å². The minimum absolute atomic E-state index is 0.108. The second kappa shape index (κ2) is 12.5. The second-order valence-electron chi connectivity index (χ2n) is 9.84. The Bertz CT molecular complexity index is 1560. The van der Waals surface area contributed by atoms with Crippen LogP contribution in [0.15, 0.2) is 48.8 Å². The van der Waals surface area contributed by atoms with Crippen LogP contribution in [0.4, 0.5) is 5.82 Å². The van der Waals surface area contributed by atoms with Gasteiger partial charge in [0, 0.05) is 24.4 Å². The summed E-state index contributed by atoms with van der Waals surface area (Å²) in [6.07, 6.45) is 2.48. The number of carbonyl (C=O) groups is 1. The highest BCUT2D eigenvalue weighted by Gasteiger charge is 2.40. The summed E-state index contributed by atoms with van der Waals surface area (Å²) in [5, 5.41) is 14.9. The zero-order chi connectivity index (χ0) is 29.8. The topological polar surface area (TPSA) is 173 Å². The summed E-state index contributed by atoms with van der Waals surface area (Å²) in [5.41, 5.74) is 7.91. The van der Waals surface area contributed by atoms with Crippen LogP contribution in [0.3, 0.4) is 0 Å². The fourth-order valence-corrected chi connectivity index (χ4v) is 5.89. The van der Waals surface area contributed by atoms with E-state index in [-0.39, 0.29) is 24.7 Å². The molecule has 220 valence electrons. The zero-order valence-electron chi connectivity index (χ0n) is 23.6. The average Bonchev–Trinajstić information content (AvgIpc) is 3.25. The van der Waals surface area contributed by atoms with Crippen molar-refractivity contribution in [2.24, 2.45) is 0 Å². The lowest BCUT2D eigenvalue weighted by molar-refractivity contribution is -0.150. The fourth-order valence-electron chi connectivity index (χ4n) is 4.19. The van der Waals surface area contributed by atoms with Crippen LogP contribution in [0, 0.1) is 0 Å². The molecule has 4 N–H and O–H groups in total. The van der Waals surface area contributed by atoms with Crippen LogP contribution in [0.1, 0.15) is 40.4 Å². The summed E-state index contributed by atoms with van der Waals surface area (Å²) >= 11 is 0. The molecule has 0 radical (unpaired) electrons. The first-order chi connectivity index (χ1) is 19.4. The number of fused-ring (bicyclic) bond motifs is 3. The van der Waals surface area contributed by atoms with Crippen LogP contribution in [0.25, 0.3) is 21.9 Å². The number of benzene rings is 1. The van der Waals surface area contributed by atoms with E-state index in [1.807, 2.05) is 31.2 Å². The molecule has 4 aromatic rings. The molecule has 3 heterocycles. The number of rotatable bonds is 13. The highest BCUT2D eigenvalue weighted by molar-refractivity contribution is 7.52. The number of imidazole rings is 1. The molecule has 41 heavy (non-hydrogen) atoms. The van der Waals surface area contributed by atoms with Crippen molar-refractivity contribution in [1.29, 1.82) is 0 Å². The Labute approximate surface area is 237 Å². The Hall–Kier alpha value is -3.61. The number of aromatic nitrogens is 4. The lowest BCUT2D eigenvalue weighted by Gasteiger charge is -2.31. The Balaban J connectivity index is 1.73. The van der Waals surface area contributed by atoms with Gasteiger partial charge in [-0.2, -0.15) is 5.09 Å². The molecule has 0 fully saturated rings. The van der Waals surface area contributed by atoms with Gasteiger partial charge in [0.1, 0.15) is 29.7 Å². The molecule has 13 nitrogen and oxygen atoms in total. The van der Waals surface area contributed by atoms with E-state index in [0.717, 1.165) is 5.39 Å². The van der Waals surface area contributed by atoms with Crippen molar-refractivity contribution in [3.05, 3.63) is 54.6 Å². The molecule has 0 spiro atoms. The Kier molecular flexibility index (Phi) is 9.25. The molecule has 3 atom stereocenters. The van der Waals surface area contributed by atoms with Crippen molar-refractivity contribution in [1.82, 2.24) is 24.6 Å². The standard InChI is InChI=1S/C27H35N6O7P/c1-6-37-15-22-31-23-24(20-9-7-8-10-21(20)30-25(23)28)33(22)16-27(5,35)40-41(36,39-19-11-13-29-14-12-19)32-18(4)26(34)38-17(2)3/h7-14,17-18,35H,6,15-16H2,1-5H3,(H2,28,30)(H,32,36)/t18-,27?,41-/m0/s1. The van der Waals surface area contributed by atoms with Crippen molar-refractivity contribution >= 4 is 41.5 Å². The number of ether oxygens (including phenoxy) is 2. The van der Waals surface area contributed by atoms with Crippen molar-refractivity contribution in [2.75, 3.05) is 12.3 Å². The zero-order valence-corrected chi connectivity index (χ0v) is 24.5. The summed E-state index contributed by atoms with van der Waals surface area (Å²) in [4.78, 5) is 25.5. The molecule has 0 bridgehead atoms. The van der Waals surface area contributed by atoms with Gasteiger partial charge < -0.3 is 29.4 Å². The number of hydrogen-bond donors (Lipinski definition) is 3. The third-order valence-electron chi connectivity index (χ3n) is 5.83. The minimum atomic E-state index is -4.42. The number of pyridine rings is 2. The van der Waals surface area contributed by atoms with Gasteiger partial charge in [0.15, 0.2) is 11.6 Å². The van der Waals surface area contributed by atoms with Gasteiger partial charge in [-0.25, -0.2) is 14.5 Å². The van der Waals surface area contributed by atoms with Gasteiger partial charge in [0.05, 0.1) is 23.7 Å². The molecule has 1 aromatic carbocycles. The third-order valence-corrected chi connectivity index (χ3v) is 7.61. The smallest absolute Gasteiger partial charge is 0.462 e. The highest BCUT2D eigenvalue weighted by Crippen LogP contribution is 2.48. The molecule has 0 aliphatic carbocycles. The van der Waals surface area contributed by atoms with E-state index < -0.39 is 31.6 Å². The molecule has 0 aliphatic rings. The van der Waals surface area contributed by atoms with E-state index in [2.05, 4.69) is 20.0 Å². The number of carbonyl (C=O) groups excluding carboxylic acids is 1. The van der Waals surface area contributed by atoms with Crippen LogP contribution >= 0.6 is 7.75 Å². The van der Waals surface area contributed by atoms with Crippen LogP contribution < -0.4 is 15.3 Å². The van der Waals surface area contributed by atoms with Gasteiger partial charge in [-0.3, -0.25) is 14.3 Å². The quantitative estimate of drug-likeness (QED) is 0.117. The Morgan fingerprint density at radius 1 is 1.17 bits per heavy atom. The maximum Gasteiger partial charge on any atom is 0.462 e. The Morgan fingerprint density at radius 2 is 1.88 bits per heavy atom. The van der Waals surface area contributed by atoms with Crippen LogP contribution in [-0.2, 0) is 36.5 Å². The maximum absolute atomic E-state index is 14.1. The molecule has 4 rings (SSSR count). The summed E-state index contributed by atoms with van der Waals surface area (Å²) in [6, 6.07) is 9.21. The molecule has 1 unspecified atom stereocenters. The van der Waals surface area contributed by atoms with E-state index >= 15 is 0 Å². The summed E-state index contributed by atoms with van der Waals surface area (Å²) in [5.74, 6) is -1.99. The summed E-state index contributed by atoms with van der Waals surface area (Å²) < 4.78 is 38.1. The number of anilines is 1. The third kappa shape index (κ3) is 7.38. The van der Waals surface area contributed by atoms with Crippen molar-refractivity contribution < 1.29 is 33.0 Å². The lowest BCUT2D eigenvalue weighted by Crippen LogP contribution is -2.40. The van der Waals surface area contributed by atoms with Gasteiger partial charge in [0.25, 0.3) is 0 Å². The lowest BCUT2D eigenvalue weighted by atomic mass is 10.2. The normalized spacial score (nSPS) is 15.5. The van der Waals surface area contributed by atoms with Gasteiger partial charge >= 0.3 is 13.7 Å². The highest BCUT2D eigenvalue weighted by atomic mass is 31.2. The number of nitrogens with one attached hydrogen (secondary N) is 1. The Morgan fingerprint density at radius 3 is 2.56 bits per heavy atom. The van der Waals surface area contributed by atoms with Crippen LogP contribution in [-0.4, -0.2) is 55.1 Å². The predicted octanol–water partition coefficient (Wildman–Crippen LogP) is 3.94. The monoisotopic (exact) mass is 586 g/mol. The first-order valence-corrected chi connectivity index (χ1v) is 14.7. The molecular formula is C27H35N6O7P. The van der Waals surface area contributed by atoms with E-state index in [9.17, 15) is 14.5 Å². The number of aliphatic hydroxyl groups is 1. The SMILES string of the molecule is CCOCc1nc2c(N)nc3ccccc3c2n1CC(C)(O)O[P@](=O)(N[C@@H](C)C(=O)OC(C)C)Oc1ccncc1. The first-order valence-electron chi connectivity index (χ1n) is 13.1. The van der Waals surface area contributed by atoms with Crippen molar-refractivity contribution in [3.8, 4) is 5.75 Å². The summed E-state index contributed by atoms with van der Waals surface area (Å²) in [6.45, 7) is 8.30.